The monoisotopic (exact) mass is 528 g/mol. The van der Waals surface area contributed by atoms with Crippen molar-refractivity contribution >= 4 is 23.8 Å². The molecule has 2 aliphatic rings. The first-order valence-corrected chi connectivity index (χ1v) is 13.8. The van der Waals surface area contributed by atoms with Crippen molar-refractivity contribution in [3.8, 4) is 0 Å². The number of amides is 4. The van der Waals surface area contributed by atoms with E-state index in [9.17, 15) is 19.2 Å². The first-order chi connectivity index (χ1) is 17.9. The van der Waals surface area contributed by atoms with Crippen LogP contribution in [0.1, 0.15) is 71.4 Å². The molecule has 0 unspecified atom stereocenters. The number of carbonyl (C=O) groups is 4. The van der Waals surface area contributed by atoms with Gasteiger partial charge in [0.1, 0.15) is 17.7 Å². The van der Waals surface area contributed by atoms with E-state index in [0.717, 1.165) is 17.5 Å². The van der Waals surface area contributed by atoms with E-state index in [1.54, 1.807) is 4.90 Å². The highest BCUT2D eigenvalue weighted by atomic mass is 16.6. The minimum absolute atomic E-state index is 0.0696. The minimum atomic E-state index is -0.631. The summed E-state index contributed by atoms with van der Waals surface area (Å²) in [4.78, 5) is 55.1. The fourth-order valence-corrected chi connectivity index (χ4v) is 4.95. The third-order valence-electron chi connectivity index (χ3n) is 7.18. The van der Waals surface area contributed by atoms with Crippen molar-refractivity contribution in [2.75, 3.05) is 19.6 Å². The maximum atomic E-state index is 13.2. The van der Waals surface area contributed by atoms with Gasteiger partial charge in [0.2, 0.25) is 17.7 Å². The Morgan fingerprint density at radius 3 is 2.21 bits per heavy atom. The molecule has 0 radical (unpaired) electrons. The number of hydrogen-bond donors (Lipinski definition) is 2. The predicted octanol–water partition coefficient (Wildman–Crippen LogP) is 3.39. The molecule has 2 atom stereocenters. The molecule has 0 spiro atoms. The summed E-state index contributed by atoms with van der Waals surface area (Å²) >= 11 is 0. The second-order valence-corrected chi connectivity index (χ2v) is 11.9. The van der Waals surface area contributed by atoms with Gasteiger partial charge in [0.25, 0.3) is 0 Å². The van der Waals surface area contributed by atoms with E-state index >= 15 is 0 Å². The van der Waals surface area contributed by atoms with E-state index < -0.39 is 23.8 Å². The van der Waals surface area contributed by atoms with Crippen molar-refractivity contribution in [3.63, 3.8) is 0 Å². The molecule has 38 heavy (non-hydrogen) atoms. The van der Waals surface area contributed by atoms with Crippen LogP contribution >= 0.6 is 0 Å². The fraction of sp³-hybridized carbons (Fsp3) is 0.655. The number of aryl methyl sites for hydroxylation is 1. The number of benzene rings is 1. The number of carbonyl (C=O) groups excluding carboxylic acids is 4. The van der Waals surface area contributed by atoms with Gasteiger partial charge in [-0.2, -0.15) is 0 Å². The summed E-state index contributed by atoms with van der Waals surface area (Å²) in [5.41, 5.74) is 1.54. The SMILES string of the molecule is Cc1ccc(CNC(=O)[C@@H](NC(=O)C2CCN(C(=O)[C@@H]3CCCN3C(=O)OC(C)(C)C)CC2)C(C)C)cc1. The summed E-state index contributed by atoms with van der Waals surface area (Å²) < 4.78 is 5.49. The summed E-state index contributed by atoms with van der Waals surface area (Å²) in [6, 6.07) is 6.81. The Kier molecular flexibility index (Phi) is 9.79. The molecule has 210 valence electrons. The van der Waals surface area contributed by atoms with Crippen LogP contribution in [0.2, 0.25) is 0 Å². The molecule has 2 fully saturated rings. The molecule has 9 nitrogen and oxygen atoms in total. The van der Waals surface area contributed by atoms with E-state index in [4.69, 9.17) is 4.74 Å². The van der Waals surface area contributed by atoms with Gasteiger partial charge < -0.3 is 20.3 Å². The van der Waals surface area contributed by atoms with Gasteiger partial charge in [0, 0.05) is 32.1 Å². The molecule has 2 aliphatic heterocycles. The summed E-state index contributed by atoms with van der Waals surface area (Å²) in [5, 5.41) is 5.89. The minimum Gasteiger partial charge on any atom is -0.444 e. The second kappa shape index (κ2) is 12.6. The molecule has 2 saturated heterocycles. The third-order valence-corrected chi connectivity index (χ3v) is 7.18. The topological polar surface area (TPSA) is 108 Å². The van der Waals surface area contributed by atoms with Gasteiger partial charge in [-0.25, -0.2) is 4.79 Å². The molecule has 1 aromatic carbocycles. The molecule has 0 bridgehead atoms. The summed E-state index contributed by atoms with van der Waals surface area (Å²) in [6.45, 7) is 13.1. The number of rotatable bonds is 7. The summed E-state index contributed by atoms with van der Waals surface area (Å²) in [5.74, 6) is -0.777. The van der Waals surface area contributed by atoms with Gasteiger partial charge in [-0.05, 0) is 64.9 Å². The maximum absolute atomic E-state index is 13.2. The van der Waals surface area contributed by atoms with Gasteiger partial charge in [-0.15, -0.1) is 0 Å². The van der Waals surface area contributed by atoms with Crippen LogP contribution in [0.3, 0.4) is 0 Å². The average molecular weight is 529 g/mol. The normalized spacial score (nSPS) is 19.3. The Balaban J connectivity index is 1.50. The number of ether oxygens (including phenoxy) is 1. The molecule has 0 aromatic heterocycles. The van der Waals surface area contributed by atoms with Gasteiger partial charge >= 0.3 is 6.09 Å². The quantitative estimate of drug-likeness (QED) is 0.564. The van der Waals surface area contributed by atoms with Crippen LogP contribution < -0.4 is 10.6 Å². The van der Waals surface area contributed by atoms with Crippen LogP contribution in [0, 0.1) is 18.8 Å². The van der Waals surface area contributed by atoms with Crippen LogP contribution in [0.15, 0.2) is 24.3 Å². The lowest BCUT2D eigenvalue weighted by molar-refractivity contribution is -0.140. The van der Waals surface area contributed by atoms with Crippen molar-refractivity contribution in [1.82, 2.24) is 20.4 Å². The van der Waals surface area contributed by atoms with Crippen molar-refractivity contribution in [3.05, 3.63) is 35.4 Å². The Labute approximate surface area is 226 Å². The molecule has 2 N–H and O–H groups in total. The van der Waals surface area contributed by atoms with E-state index in [1.807, 2.05) is 65.8 Å². The highest BCUT2D eigenvalue weighted by Gasteiger charge is 2.40. The zero-order chi connectivity index (χ0) is 28.0. The lowest BCUT2D eigenvalue weighted by Gasteiger charge is -2.36. The smallest absolute Gasteiger partial charge is 0.410 e. The standard InChI is InChI=1S/C29H44N4O5/c1-19(2)24(26(35)30-18-21-11-9-20(3)10-12-21)31-25(34)22-13-16-32(17-14-22)27(36)23-8-7-15-33(23)28(37)38-29(4,5)6/h9-12,19,22-24H,7-8,13-18H2,1-6H3,(H,30,35)(H,31,34)/t23-,24-/m0/s1. The van der Waals surface area contributed by atoms with Crippen LogP contribution in [0.5, 0.6) is 0 Å². The van der Waals surface area contributed by atoms with Gasteiger partial charge in [0.15, 0.2) is 0 Å². The highest BCUT2D eigenvalue weighted by Crippen LogP contribution is 2.25. The first kappa shape index (κ1) is 29.5. The number of nitrogens with one attached hydrogen (secondary N) is 2. The van der Waals surface area contributed by atoms with E-state index in [1.165, 1.54) is 4.90 Å². The average Bonchev–Trinajstić information content (AvgIpc) is 3.35. The van der Waals surface area contributed by atoms with Crippen molar-refractivity contribution in [2.24, 2.45) is 11.8 Å². The van der Waals surface area contributed by atoms with E-state index in [2.05, 4.69) is 10.6 Å². The molecule has 9 heteroatoms. The number of piperidine rings is 1. The van der Waals surface area contributed by atoms with Gasteiger partial charge in [-0.3, -0.25) is 19.3 Å². The zero-order valence-corrected chi connectivity index (χ0v) is 23.7. The van der Waals surface area contributed by atoms with Crippen LogP contribution in [0.4, 0.5) is 4.79 Å². The molecule has 0 saturated carbocycles. The first-order valence-electron chi connectivity index (χ1n) is 13.8. The second-order valence-electron chi connectivity index (χ2n) is 11.9. The number of likely N-dealkylation sites (tertiary alicyclic amines) is 2. The van der Waals surface area contributed by atoms with E-state index in [-0.39, 0.29) is 29.6 Å². The van der Waals surface area contributed by atoms with Crippen molar-refractivity contribution in [2.45, 2.75) is 91.5 Å². The Bertz CT molecular complexity index is 993. The Morgan fingerprint density at radius 1 is 1.00 bits per heavy atom. The molecular weight excluding hydrogens is 484 g/mol. The van der Waals surface area contributed by atoms with E-state index in [0.29, 0.717) is 45.4 Å². The fourth-order valence-electron chi connectivity index (χ4n) is 4.95. The lowest BCUT2D eigenvalue weighted by atomic mass is 9.94. The molecule has 1 aromatic rings. The molecule has 3 rings (SSSR count). The molecule has 2 heterocycles. The number of hydrogen-bond acceptors (Lipinski definition) is 5. The van der Waals surface area contributed by atoms with Crippen LogP contribution in [-0.4, -0.2) is 70.9 Å². The Hall–Kier alpha value is -3.10. The summed E-state index contributed by atoms with van der Waals surface area (Å²) in [7, 11) is 0. The van der Waals surface area contributed by atoms with Crippen molar-refractivity contribution < 1.29 is 23.9 Å². The third kappa shape index (κ3) is 7.95. The van der Waals surface area contributed by atoms with Gasteiger partial charge in [-0.1, -0.05) is 43.7 Å². The predicted molar refractivity (Wildman–Crippen MR) is 145 cm³/mol. The highest BCUT2D eigenvalue weighted by molar-refractivity contribution is 5.89. The molecular formula is C29H44N4O5. The van der Waals surface area contributed by atoms with Gasteiger partial charge in [0.05, 0.1) is 0 Å². The largest absolute Gasteiger partial charge is 0.444 e. The number of nitrogens with zero attached hydrogens (tertiary/aromatic N) is 2. The Morgan fingerprint density at radius 2 is 1.63 bits per heavy atom. The lowest BCUT2D eigenvalue weighted by Crippen LogP contribution is -2.54. The summed E-state index contributed by atoms with van der Waals surface area (Å²) in [6.07, 6.45) is 1.96. The molecule has 0 aliphatic carbocycles. The maximum Gasteiger partial charge on any atom is 0.410 e. The molecule has 4 amide bonds. The zero-order valence-electron chi connectivity index (χ0n) is 23.7. The van der Waals surface area contributed by atoms with Crippen LogP contribution in [0.25, 0.3) is 0 Å². The van der Waals surface area contributed by atoms with Crippen LogP contribution in [-0.2, 0) is 25.7 Å². The van der Waals surface area contributed by atoms with Crippen molar-refractivity contribution in [1.29, 1.82) is 0 Å².